The topological polar surface area (TPSA) is 79.1 Å². The molecule has 0 bridgehead atoms. The Morgan fingerprint density at radius 1 is 0.891 bits per heavy atom. The molecule has 2 heterocycles. The quantitative estimate of drug-likeness (QED) is 0.153. The zero-order chi connectivity index (χ0) is 32.0. The number of carbonyl (C=O) groups is 1. The van der Waals surface area contributed by atoms with E-state index in [0.29, 0.717) is 45.3 Å². The number of hydrogen-bond acceptors (Lipinski definition) is 7. The van der Waals surface area contributed by atoms with Crippen molar-refractivity contribution in [2.75, 3.05) is 13.2 Å². The Hall–Kier alpha value is -4.73. The van der Waals surface area contributed by atoms with E-state index >= 15 is 0 Å². The molecule has 0 spiro atoms. The van der Waals surface area contributed by atoms with Gasteiger partial charge in [0.05, 0.1) is 35.1 Å². The van der Waals surface area contributed by atoms with Gasteiger partial charge in [0.2, 0.25) is 0 Å². The van der Waals surface area contributed by atoms with Crippen LogP contribution in [0.4, 0.5) is 0 Å². The van der Waals surface area contributed by atoms with E-state index in [1.54, 1.807) is 11.5 Å². The normalized spacial score (nSPS) is 14.4. The molecule has 0 N–H and O–H groups in total. The number of carbonyl (C=O) groups excluding carboxylic acids is 1. The fraction of sp³-hybridized carbons (Fsp3) is 0.162. The predicted octanol–water partition coefficient (Wildman–Crippen LogP) is 6.68. The lowest BCUT2D eigenvalue weighted by molar-refractivity contribution is -0.138. The van der Waals surface area contributed by atoms with E-state index in [2.05, 4.69) is 15.9 Å². The maximum atomic E-state index is 14.2. The van der Waals surface area contributed by atoms with E-state index in [4.69, 9.17) is 19.2 Å². The Morgan fingerprint density at radius 2 is 1.65 bits per heavy atom. The molecule has 0 unspecified atom stereocenters. The Labute approximate surface area is 278 Å². The summed E-state index contributed by atoms with van der Waals surface area (Å²) in [6.45, 7) is 4.81. The van der Waals surface area contributed by atoms with Crippen LogP contribution in [0, 0.1) is 0 Å². The first kappa shape index (κ1) is 31.3. The number of fused-ring (bicyclic) bond motifs is 1. The van der Waals surface area contributed by atoms with Gasteiger partial charge in [-0.1, -0.05) is 94.0 Å². The monoisotopic (exact) mass is 694 g/mol. The summed E-state index contributed by atoms with van der Waals surface area (Å²) in [7, 11) is 0. The molecule has 5 aromatic rings. The van der Waals surface area contributed by atoms with Crippen molar-refractivity contribution in [3.8, 4) is 11.5 Å². The van der Waals surface area contributed by atoms with Gasteiger partial charge in [0.25, 0.3) is 5.56 Å². The third-order valence-corrected chi connectivity index (χ3v) is 8.87. The lowest BCUT2D eigenvalue weighted by Crippen LogP contribution is -2.40. The molecule has 0 fully saturated rings. The Kier molecular flexibility index (Phi) is 9.61. The summed E-state index contributed by atoms with van der Waals surface area (Å²) < 4.78 is 20.4. The van der Waals surface area contributed by atoms with Crippen molar-refractivity contribution < 1.29 is 19.0 Å². The molecule has 0 aliphatic carbocycles. The zero-order valence-corrected chi connectivity index (χ0v) is 27.7. The van der Waals surface area contributed by atoms with Crippen molar-refractivity contribution in [2.45, 2.75) is 26.5 Å². The number of esters is 1. The van der Waals surface area contributed by atoms with Gasteiger partial charge >= 0.3 is 5.97 Å². The Morgan fingerprint density at radius 3 is 2.37 bits per heavy atom. The average molecular weight is 696 g/mol. The van der Waals surface area contributed by atoms with E-state index in [9.17, 15) is 9.59 Å². The highest BCUT2D eigenvalue weighted by Crippen LogP contribution is 2.35. The Bertz CT molecular complexity index is 2070. The second kappa shape index (κ2) is 14.1. The van der Waals surface area contributed by atoms with Crippen LogP contribution in [0.15, 0.2) is 123 Å². The van der Waals surface area contributed by atoms with Gasteiger partial charge in [-0.2, -0.15) is 0 Å². The molecule has 4 aromatic carbocycles. The smallest absolute Gasteiger partial charge is 0.338 e. The molecule has 1 aromatic heterocycles. The lowest BCUT2D eigenvalue weighted by atomic mass is 9.93. The van der Waals surface area contributed by atoms with Crippen LogP contribution in [-0.4, -0.2) is 23.8 Å². The first-order valence-corrected chi connectivity index (χ1v) is 16.5. The van der Waals surface area contributed by atoms with Gasteiger partial charge in [0.15, 0.2) is 4.80 Å². The summed E-state index contributed by atoms with van der Waals surface area (Å²) in [5.41, 5.74) is 3.89. The standard InChI is InChI=1S/C37H31BrN2O5S/c1-3-43-29-19-15-27(16-20-29)34-32(36(42)44-4-2)33(26-10-6-5-7-11-26)39-37-40(34)35(41)31(46-37)22-25-9-8-12-30(21-25)45-23-24-13-17-28(38)18-14-24/h5-22,34H,3-4,23H2,1-2H3/b31-22-/t34-/m1/s1. The maximum Gasteiger partial charge on any atom is 0.338 e. The van der Waals surface area contributed by atoms with Crippen LogP contribution in [0.25, 0.3) is 11.8 Å². The molecule has 6 rings (SSSR count). The highest BCUT2D eigenvalue weighted by molar-refractivity contribution is 9.10. The molecule has 0 radical (unpaired) electrons. The molecule has 1 aliphatic rings. The van der Waals surface area contributed by atoms with Gasteiger partial charge in [-0.25, -0.2) is 9.79 Å². The third kappa shape index (κ3) is 6.76. The summed E-state index contributed by atoms with van der Waals surface area (Å²) >= 11 is 4.74. The maximum absolute atomic E-state index is 14.2. The summed E-state index contributed by atoms with van der Waals surface area (Å²) in [6, 6.07) is 31.8. The minimum Gasteiger partial charge on any atom is -0.494 e. The molecule has 7 nitrogen and oxygen atoms in total. The summed E-state index contributed by atoms with van der Waals surface area (Å²) in [5.74, 6) is 0.868. The fourth-order valence-electron chi connectivity index (χ4n) is 5.26. The number of hydrogen-bond donors (Lipinski definition) is 0. The highest BCUT2D eigenvalue weighted by atomic mass is 79.9. The van der Waals surface area contributed by atoms with Crippen molar-refractivity contribution in [3.05, 3.63) is 155 Å². The first-order valence-electron chi connectivity index (χ1n) is 14.9. The lowest BCUT2D eigenvalue weighted by Gasteiger charge is -2.26. The van der Waals surface area contributed by atoms with Gasteiger partial charge in [-0.3, -0.25) is 9.36 Å². The van der Waals surface area contributed by atoms with Crippen LogP contribution in [-0.2, 0) is 16.1 Å². The van der Waals surface area contributed by atoms with Crippen LogP contribution in [0.2, 0.25) is 0 Å². The Balaban J connectivity index is 1.46. The number of halogens is 1. The number of nitrogens with zero attached hydrogens (tertiary/aromatic N) is 2. The molecule has 9 heteroatoms. The molecule has 0 saturated heterocycles. The number of ether oxygens (including phenoxy) is 3. The van der Waals surface area contributed by atoms with Crippen LogP contribution >= 0.6 is 27.3 Å². The number of rotatable bonds is 10. The van der Waals surface area contributed by atoms with E-state index in [0.717, 1.165) is 26.7 Å². The van der Waals surface area contributed by atoms with Crippen molar-refractivity contribution in [1.82, 2.24) is 4.57 Å². The second-order valence-corrected chi connectivity index (χ2v) is 12.3. The molecule has 46 heavy (non-hydrogen) atoms. The van der Waals surface area contributed by atoms with E-state index in [1.807, 2.05) is 116 Å². The molecule has 0 amide bonds. The minimum absolute atomic E-state index is 0.186. The van der Waals surface area contributed by atoms with Crippen molar-refractivity contribution in [3.63, 3.8) is 0 Å². The largest absolute Gasteiger partial charge is 0.494 e. The first-order chi connectivity index (χ1) is 22.4. The van der Waals surface area contributed by atoms with Crippen LogP contribution in [0.1, 0.15) is 42.1 Å². The number of benzene rings is 4. The highest BCUT2D eigenvalue weighted by Gasteiger charge is 2.35. The zero-order valence-electron chi connectivity index (χ0n) is 25.3. The molecule has 1 atom stereocenters. The molecular formula is C37H31BrN2O5S. The summed E-state index contributed by atoms with van der Waals surface area (Å²) in [4.78, 5) is 33.3. The molecular weight excluding hydrogens is 664 g/mol. The average Bonchev–Trinajstić information content (AvgIpc) is 3.39. The SMILES string of the molecule is CCOC(=O)C1=C(c2ccccc2)N=c2s/c(=C\c3cccc(OCc4ccc(Br)cc4)c3)c(=O)n2[C@@H]1c1ccc(OCC)cc1. The third-order valence-electron chi connectivity index (χ3n) is 7.36. The molecule has 0 saturated carbocycles. The summed E-state index contributed by atoms with van der Waals surface area (Å²) in [5, 5.41) is 0. The van der Waals surface area contributed by atoms with E-state index in [1.165, 1.54) is 11.3 Å². The molecule has 1 aliphatic heterocycles. The van der Waals surface area contributed by atoms with E-state index in [-0.39, 0.29) is 12.2 Å². The van der Waals surface area contributed by atoms with Gasteiger partial charge in [-0.15, -0.1) is 0 Å². The number of thiazole rings is 1. The second-order valence-electron chi connectivity index (χ2n) is 10.4. The van der Waals surface area contributed by atoms with Crippen molar-refractivity contribution >= 4 is 45.0 Å². The van der Waals surface area contributed by atoms with Gasteiger partial charge in [0, 0.05) is 10.0 Å². The van der Waals surface area contributed by atoms with Crippen LogP contribution in [0.5, 0.6) is 11.5 Å². The van der Waals surface area contributed by atoms with Crippen LogP contribution in [0.3, 0.4) is 0 Å². The van der Waals surface area contributed by atoms with Gasteiger partial charge in [-0.05, 0) is 73.0 Å². The fourth-order valence-corrected chi connectivity index (χ4v) is 6.53. The summed E-state index contributed by atoms with van der Waals surface area (Å²) in [6.07, 6.45) is 1.84. The number of aromatic nitrogens is 1. The van der Waals surface area contributed by atoms with Crippen LogP contribution < -0.4 is 24.4 Å². The molecule has 232 valence electrons. The van der Waals surface area contributed by atoms with Crippen molar-refractivity contribution in [1.29, 1.82) is 0 Å². The van der Waals surface area contributed by atoms with Gasteiger partial charge < -0.3 is 14.2 Å². The minimum atomic E-state index is -0.760. The van der Waals surface area contributed by atoms with Crippen molar-refractivity contribution in [2.24, 2.45) is 4.99 Å². The van der Waals surface area contributed by atoms with Gasteiger partial charge in [0.1, 0.15) is 18.1 Å². The van der Waals surface area contributed by atoms with E-state index < -0.39 is 12.0 Å². The predicted molar refractivity (Wildman–Crippen MR) is 184 cm³/mol.